The van der Waals surface area contributed by atoms with Gasteiger partial charge in [0.15, 0.2) is 0 Å². The highest BCUT2D eigenvalue weighted by molar-refractivity contribution is 5.91. The molecule has 0 N–H and O–H groups in total. The number of hydrogen-bond donors (Lipinski definition) is 0. The first-order valence-corrected chi connectivity index (χ1v) is 11.8. The Balaban J connectivity index is 1.63. The van der Waals surface area contributed by atoms with Crippen LogP contribution >= 0.6 is 0 Å². The first kappa shape index (κ1) is 28.2. The number of hydrogen-bond acceptors (Lipinski definition) is 8. The highest BCUT2D eigenvalue weighted by Gasteiger charge is 2.09. The Bertz CT molecular complexity index is 980. The summed E-state index contributed by atoms with van der Waals surface area (Å²) in [6.45, 7) is 8.27. The van der Waals surface area contributed by atoms with Crippen molar-refractivity contribution in [2.24, 2.45) is 0 Å². The molecule has 2 aromatic rings. The Morgan fingerprint density at radius 2 is 1.03 bits per heavy atom. The van der Waals surface area contributed by atoms with Gasteiger partial charge in [-0.25, -0.2) is 14.4 Å². The van der Waals surface area contributed by atoms with Crippen LogP contribution in [0.15, 0.2) is 73.8 Å². The summed E-state index contributed by atoms with van der Waals surface area (Å²) in [6.07, 6.45) is 6.42. The van der Waals surface area contributed by atoms with Crippen LogP contribution in [0.4, 0.5) is 0 Å². The van der Waals surface area contributed by atoms with Gasteiger partial charge >= 0.3 is 17.9 Å². The lowest BCUT2D eigenvalue weighted by molar-refractivity contribution is -0.138. The van der Waals surface area contributed by atoms with Gasteiger partial charge in [-0.3, -0.25) is 0 Å². The van der Waals surface area contributed by atoms with E-state index in [0.29, 0.717) is 49.1 Å². The highest BCUT2D eigenvalue weighted by atomic mass is 16.5. The van der Waals surface area contributed by atoms with Crippen LogP contribution in [0.5, 0.6) is 17.2 Å². The van der Waals surface area contributed by atoms with E-state index in [1.54, 1.807) is 48.5 Å². The van der Waals surface area contributed by atoms with Gasteiger partial charge in [-0.1, -0.05) is 13.2 Å². The third kappa shape index (κ3) is 11.4. The SMILES string of the molecule is C=CC(=O)OCCCCCCOc1ccc(OC(=O)c2ccc(OCCCOC(=O)C=C)cc2)cc1. The standard InChI is InChI=1S/C28H32O8/c1-3-26(29)34-19-8-6-5-7-18-32-24-14-16-25(17-15-24)36-28(31)22-10-12-23(13-11-22)33-20-9-21-35-27(30)4-2/h3-4,10-17H,1-2,5-9,18-21H2. The molecule has 8 heteroatoms. The third-order valence-electron chi connectivity index (χ3n) is 4.81. The molecule has 0 fully saturated rings. The summed E-state index contributed by atoms with van der Waals surface area (Å²) in [7, 11) is 0. The minimum absolute atomic E-state index is 0.246. The van der Waals surface area contributed by atoms with E-state index in [-0.39, 0.29) is 6.61 Å². The summed E-state index contributed by atoms with van der Waals surface area (Å²) in [6, 6.07) is 13.5. The number of carbonyl (C=O) groups excluding carboxylic acids is 3. The average molecular weight is 497 g/mol. The highest BCUT2D eigenvalue weighted by Crippen LogP contribution is 2.20. The van der Waals surface area contributed by atoms with Gasteiger partial charge < -0.3 is 23.7 Å². The van der Waals surface area contributed by atoms with E-state index >= 15 is 0 Å². The summed E-state index contributed by atoms with van der Waals surface area (Å²) in [5.41, 5.74) is 0.391. The van der Waals surface area contributed by atoms with E-state index in [1.807, 2.05) is 0 Å². The second kappa shape index (κ2) is 16.5. The van der Waals surface area contributed by atoms with Gasteiger partial charge in [-0.2, -0.15) is 0 Å². The molecule has 8 nitrogen and oxygen atoms in total. The number of unbranched alkanes of at least 4 members (excludes halogenated alkanes) is 3. The molecule has 0 aromatic heterocycles. The maximum Gasteiger partial charge on any atom is 0.343 e. The van der Waals surface area contributed by atoms with E-state index < -0.39 is 17.9 Å². The molecule has 0 saturated carbocycles. The predicted molar refractivity (Wildman–Crippen MR) is 134 cm³/mol. The van der Waals surface area contributed by atoms with Gasteiger partial charge in [0.1, 0.15) is 17.2 Å². The largest absolute Gasteiger partial charge is 0.494 e. The zero-order valence-corrected chi connectivity index (χ0v) is 20.3. The lowest BCUT2D eigenvalue weighted by Gasteiger charge is -2.09. The van der Waals surface area contributed by atoms with E-state index in [1.165, 1.54) is 0 Å². The van der Waals surface area contributed by atoms with Crippen molar-refractivity contribution in [3.8, 4) is 17.2 Å². The van der Waals surface area contributed by atoms with Gasteiger partial charge in [0.2, 0.25) is 0 Å². The summed E-state index contributed by atoms with van der Waals surface area (Å²) in [4.78, 5) is 34.3. The Kier molecular flexibility index (Phi) is 12.9. The van der Waals surface area contributed by atoms with Gasteiger partial charge in [-0.05, 0) is 74.2 Å². The van der Waals surface area contributed by atoms with Crippen molar-refractivity contribution in [2.45, 2.75) is 32.1 Å². The third-order valence-corrected chi connectivity index (χ3v) is 4.81. The number of esters is 3. The fourth-order valence-corrected chi connectivity index (χ4v) is 2.92. The monoisotopic (exact) mass is 496 g/mol. The number of carbonyl (C=O) groups is 3. The summed E-state index contributed by atoms with van der Waals surface area (Å²) < 4.78 is 26.5. The minimum Gasteiger partial charge on any atom is -0.494 e. The minimum atomic E-state index is -0.481. The molecule has 2 rings (SSSR count). The zero-order chi connectivity index (χ0) is 26.0. The molecule has 0 heterocycles. The first-order chi connectivity index (χ1) is 17.5. The van der Waals surface area contributed by atoms with Gasteiger partial charge in [0.05, 0.1) is 32.0 Å². The predicted octanol–water partition coefficient (Wildman–Crippen LogP) is 5.07. The number of benzene rings is 2. The van der Waals surface area contributed by atoms with Crippen LogP contribution in [0.25, 0.3) is 0 Å². The van der Waals surface area contributed by atoms with Crippen molar-refractivity contribution in [1.82, 2.24) is 0 Å². The van der Waals surface area contributed by atoms with Gasteiger partial charge in [-0.15, -0.1) is 0 Å². The molecule has 0 radical (unpaired) electrons. The Labute approximate surface area is 211 Å². The molecule has 0 bridgehead atoms. The number of ether oxygens (including phenoxy) is 5. The van der Waals surface area contributed by atoms with Crippen LogP contribution in [0, 0.1) is 0 Å². The molecule has 0 atom stereocenters. The van der Waals surface area contributed by atoms with E-state index in [4.69, 9.17) is 23.7 Å². The van der Waals surface area contributed by atoms with Crippen molar-refractivity contribution in [3.05, 3.63) is 79.4 Å². The van der Waals surface area contributed by atoms with Crippen molar-refractivity contribution in [3.63, 3.8) is 0 Å². The summed E-state index contributed by atoms with van der Waals surface area (Å²) in [5, 5.41) is 0. The molecule has 192 valence electrons. The smallest absolute Gasteiger partial charge is 0.343 e. The fourth-order valence-electron chi connectivity index (χ4n) is 2.92. The second-order valence-electron chi connectivity index (χ2n) is 7.59. The van der Waals surface area contributed by atoms with Crippen LogP contribution in [0.3, 0.4) is 0 Å². The van der Waals surface area contributed by atoms with Crippen LogP contribution in [-0.2, 0) is 19.1 Å². The molecule has 2 aromatic carbocycles. The molecule has 0 unspecified atom stereocenters. The van der Waals surface area contributed by atoms with E-state index in [0.717, 1.165) is 37.8 Å². The van der Waals surface area contributed by atoms with E-state index in [9.17, 15) is 14.4 Å². The molecule has 0 amide bonds. The zero-order valence-electron chi connectivity index (χ0n) is 20.3. The van der Waals surface area contributed by atoms with Crippen LogP contribution in [0.1, 0.15) is 42.5 Å². The Morgan fingerprint density at radius 3 is 1.58 bits per heavy atom. The van der Waals surface area contributed by atoms with Crippen LogP contribution in [-0.4, -0.2) is 44.3 Å². The Morgan fingerprint density at radius 1 is 0.583 bits per heavy atom. The second-order valence-corrected chi connectivity index (χ2v) is 7.59. The normalized spacial score (nSPS) is 10.1. The fraction of sp³-hybridized carbons (Fsp3) is 0.321. The Hall–Kier alpha value is -4.07. The topological polar surface area (TPSA) is 97.4 Å². The summed E-state index contributed by atoms with van der Waals surface area (Å²) in [5.74, 6) is 0.360. The quantitative estimate of drug-likeness (QED) is 0.130. The lowest BCUT2D eigenvalue weighted by atomic mass is 10.2. The molecule has 0 saturated heterocycles. The van der Waals surface area contributed by atoms with Crippen LogP contribution in [0.2, 0.25) is 0 Å². The van der Waals surface area contributed by atoms with Crippen molar-refractivity contribution < 1.29 is 38.1 Å². The van der Waals surface area contributed by atoms with Crippen LogP contribution < -0.4 is 14.2 Å². The molecule has 36 heavy (non-hydrogen) atoms. The first-order valence-electron chi connectivity index (χ1n) is 11.8. The molecule has 0 spiro atoms. The lowest BCUT2D eigenvalue weighted by Crippen LogP contribution is -2.09. The van der Waals surface area contributed by atoms with Crippen molar-refractivity contribution in [1.29, 1.82) is 0 Å². The summed E-state index contributed by atoms with van der Waals surface area (Å²) >= 11 is 0. The van der Waals surface area contributed by atoms with Crippen molar-refractivity contribution >= 4 is 17.9 Å². The van der Waals surface area contributed by atoms with Gasteiger partial charge in [0, 0.05) is 18.6 Å². The van der Waals surface area contributed by atoms with E-state index in [2.05, 4.69) is 13.2 Å². The average Bonchev–Trinajstić information content (AvgIpc) is 2.90. The number of rotatable bonds is 17. The maximum absolute atomic E-state index is 12.4. The molecule has 0 aliphatic rings. The molecular weight excluding hydrogens is 464 g/mol. The molecule has 0 aliphatic carbocycles. The molecule has 0 aliphatic heterocycles. The molecular formula is C28H32O8. The van der Waals surface area contributed by atoms with Gasteiger partial charge in [0.25, 0.3) is 0 Å². The van der Waals surface area contributed by atoms with Crippen molar-refractivity contribution in [2.75, 3.05) is 26.4 Å². The maximum atomic E-state index is 12.4.